The van der Waals surface area contributed by atoms with Gasteiger partial charge in [-0.05, 0) is 145 Å². The van der Waals surface area contributed by atoms with Crippen molar-refractivity contribution in [2.24, 2.45) is 0 Å². The Bertz CT molecular complexity index is 3490. The minimum atomic E-state index is -0.139. The molecule has 0 nitrogen and oxygen atoms in total. The maximum atomic E-state index is 2.47. The molecule has 0 aromatic heterocycles. The maximum absolute atomic E-state index is 2.47. The zero-order valence-electron chi connectivity index (χ0n) is 32.0. The van der Waals surface area contributed by atoms with Gasteiger partial charge in [0.05, 0.1) is 0 Å². The summed E-state index contributed by atoms with van der Waals surface area (Å²) >= 11 is 0. The van der Waals surface area contributed by atoms with Crippen molar-refractivity contribution in [2.75, 3.05) is 0 Å². The van der Waals surface area contributed by atoms with E-state index in [9.17, 15) is 0 Å². The van der Waals surface area contributed by atoms with Crippen LogP contribution in [-0.4, -0.2) is 0 Å². The molecule has 0 spiro atoms. The number of hydrogen-bond acceptors (Lipinski definition) is 0. The summed E-state index contributed by atoms with van der Waals surface area (Å²) in [7, 11) is 0. The van der Waals surface area contributed by atoms with Crippen LogP contribution < -0.4 is 0 Å². The second-order valence-electron chi connectivity index (χ2n) is 16.4. The minimum Gasteiger partial charge on any atom is -0.0616 e. The van der Waals surface area contributed by atoms with Crippen LogP contribution in [0.15, 0.2) is 194 Å². The molecule has 0 aliphatic heterocycles. The van der Waals surface area contributed by atoms with Crippen molar-refractivity contribution in [2.45, 2.75) is 19.3 Å². The van der Waals surface area contributed by atoms with Crippen LogP contribution in [0.3, 0.4) is 0 Å². The molecule has 0 amide bonds. The molecule has 0 heterocycles. The number of fused-ring (bicyclic) bond motifs is 13. The fraction of sp³-hybridized carbons (Fsp3) is 0.0526. The fourth-order valence-corrected chi connectivity index (χ4v) is 10.2. The summed E-state index contributed by atoms with van der Waals surface area (Å²) in [6.07, 6.45) is 0. The normalized spacial score (nSPS) is 13.2. The summed E-state index contributed by atoms with van der Waals surface area (Å²) in [5.41, 5.74) is 12.9. The van der Waals surface area contributed by atoms with E-state index in [1.807, 2.05) is 0 Å². The van der Waals surface area contributed by atoms with Gasteiger partial charge in [0.1, 0.15) is 0 Å². The Kier molecular flexibility index (Phi) is 6.78. The standard InChI is InChI=1S/C57H38/c1-57(2)54-32-38(37-24-23-35-13-3-4-14-36(35)31-37)25-27-48(54)49-28-26-39(33-55(49)57)40-29-30-47(42-16-6-5-15-41(40)42)52-34-53-45-19-8-7-17-43(45)44-18-9-11-21-50(44)56(53)51-22-12-10-20-46(51)52/h3-34H,1-2H3. The predicted molar refractivity (Wildman–Crippen MR) is 245 cm³/mol. The van der Waals surface area contributed by atoms with Crippen molar-refractivity contribution < 1.29 is 0 Å². The van der Waals surface area contributed by atoms with E-state index in [2.05, 4.69) is 208 Å². The first-order chi connectivity index (χ1) is 28.0. The van der Waals surface area contributed by atoms with E-state index in [-0.39, 0.29) is 5.41 Å². The Morgan fingerprint density at radius 3 is 1.37 bits per heavy atom. The van der Waals surface area contributed by atoms with Crippen LogP contribution in [0, 0.1) is 0 Å². The molecule has 0 N–H and O–H groups in total. The summed E-state index contributed by atoms with van der Waals surface area (Å²) in [4.78, 5) is 0. The van der Waals surface area contributed by atoms with Gasteiger partial charge in [0, 0.05) is 5.41 Å². The zero-order chi connectivity index (χ0) is 37.8. The average Bonchev–Trinajstić information content (AvgIpc) is 3.50. The SMILES string of the molecule is CC1(C)c2cc(-c3ccc4ccccc4c3)ccc2-c2ccc(-c3ccc(-c4cc5c6ccccc6c6ccccc6c5c5ccccc45)c4ccccc34)cc21. The van der Waals surface area contributed by atoms with Crippen LogP contribution in [0.5, 0.6) is 0 Å². The third kappa shape index (κ3) is 4.68. The lowest BCUT2D eigenvalue weighted by Crippen LogP contribution is -2.15. The summed E-state index contributed by atoms with van der Waals surface area (Å²) in [5.74, 6) is 0. The van der Waals surface area contributed by atoms with Gasteiger partial charge in [-0.3, -0.25) is 0 Å². The molecule has 57 heavy (non-hydrogen) atoms. The Hall–Kier alpha value is -7.02. The van der Waals surface area contributed by atoms with Gasteiger partial charge in [0.25, 0.3) is 0 Å². The molecule has 0 saturated heterocycles. The van der Waals surface area contributed by atoms with Crippen molar-refractivity contribution in [1.82, 2.24) is 0 Å². The Balaban J connectivity index is 1.01. The van der Waals surface area contributed by atoms with Crippen molar-refractivity contribution in [3.8, 4) is 44.5 Å². The van der Waals surface area contributed by atoms with Gasteiger partial charge in [0.2, 0.25) is 0 Å². The van der Waals surface area contributed by atoms with Crippen LogP contribution in [-0.2, 0) is 5.41 Å². The van der Waals surface area contributed by atoms with Crippen molar-refractivity contribution in [3.05, 3.63) is 205 Å². The molecule has 11 aromatic carbocycles. The van der Waals surface area contributed by atoms with Crippen LogP contribution in [0.4, 0.5) is 0 Å². The van der Waals surface area contributed by atoms with Crippen LogP contribution >= 0.6 is 0 Å². The molecular formula is C57H38. The van der Waals surface area contributed by atoms with E-state index in [0.29, 0.717) is 0 Å². The van der Waals surface area contributed by atoms with Crippen molar-refractivity contribution in [3.63, 3.8) is 0 Å². The molecule has 1 aliphatic rings. The summed E-state index contributed by atoms with van der Waals surface area (Å²) in [6.45, 7) is 4.79. The van der Waals surface area contributed by atoms with E-state index in [0.717, 1.165) is 0 Å². The summed E-state index contributed by atoms with van der Waals surface area (Å²) in [6, 6.07) is 72.7. The highest BCUT2D eigenvalue weighted by Crippen LogP contribution is 2.52. The summed E-state index contributed by atoms with van der Waals surface area (Å²) in [5, 5.41) is 15.5. The van der Waals surface area contributed by atoms with Gasteiger partial charge in [-0.2, -0.15) is 0 Å². The molecule has 0 heteroatoms. The molecule has 0 radical (unpaired) electrons. The first kappa shape index (κ1) is 32.2. The molecule has 266 valence electrons. The van der Waals surface area contributed by atoms with Crippen LogP contribution in [0.1, 0.15) is 25.0 Å². The Morgan fingerprint density at radius 2 is 0.684 bits per heavy atom. The average molecular weight is 723 g/mol. The van der Waals surface area contributed by atoms with Gasteiger partial charge < -0.3 is 0 Å². The lowest BCUT2D eigenvalue weighted by Gasteiger charge is -2.23. The quantitative estimate of drug-likeness (QED) is 0.159. The Labute approximate surface area is 332 Å². The molecule has 12 rings (SSSR count). The van der Waals surface area contributed by atoms with Crippen molar-refractivity contribution in [1.29, 1.82) is 0 Å². The summed E-state index contributed by atoms with van der Waals surface area (Å²) < 4.78 is 0. The minimum absolute atomic E-state index is 0.139. The predicted octanol–water partition coefficient (Wildman–Crippen LogP) is 15.9. The number of hydrogen-bond donors (Lipinski definition) is 0. The first-order valence-corrected chi connectivity index (χ1v) is 20.1. The molecule has 1 aliphatic carbocycles. The highest BCUT2D eigenvalue weighted by Gasteiger charge is 2.36. The molecule has 0 unspecified atom stereocenters. The van der Waals surface area contributed by atoms with Gasteiger partial charge in [0.15, 0.2) is 0 Å². The molecular weight excluding hydrogens is 685 g/mol. The third-order valence-corrected chi connectivity index (χ3v) is 13.0. The fourth-order valence-electron chi connectivity index (χ4n) is 10.2. The van der Waals surface area contributed by atoms with Crippen LogP contribution in [0.25, 0.3) is 109 Å². The van der Waals surface area contributed by atoms with Crippen molar-refractivity contribution >= 4 is 64.6 Å². The first-order valence-electron chi connectivity index (χ1n) is 20.1. The Morgan fingerprint density at radius 1 is 0.263 bits per heavy atom. The number of rotatable bonds is 3. The molecule has 0 fully saturated rings. The van der Waals surface area contributed by atoms with E-state index >= 15 is 0 Å². The van der Waals surface area contributed by atoms with Crippen LogP contribution in [0.2, 0.25) is 0 Å². The molecule has 0 atom stereocenters. The maximum Gasteiger partial charge on any atom is 0.0159 e. The lowest BCUT2D eigenvalue weighted by molar-refractivity contribution is 0.661. The van der Waals surface area contributed by atoms with Gasteiger partial charge in [-0.25, -0.2) is 0 Å². The van der Waals surface area contributed by atoms with E-state index in [1.165, 1.54) is 120 Å². The third-order valence-electron chi connectivity index (χ3n) is 13.0. The van der Waals surface area contributed by atoms with Gasteiger partial charge in [-0.1, -0.05) is 184 Å². The monoisotopic (exact) mass is 722 g/mol. The highest BCUT2D eigenvalue weighted by molar-refractivity contribution is 6.33. The van der Waals surface area contributed by atoms with E-state index in [4.69, 9.17) is 0 Å². The molecule has 0 bridgehead atoms. The highest BCUT2D eigenvalue weighted by atomic mass is 14.4. The molecule has 11 aromatic rings. The largest absolute Gasteiger partial charge is 0.0616 e. The van der Waals surface area contributed by atoms with Gasteiger partial charge in [-0.15, -0.1) is 0 Å². The second-order valence-corrected chi connectivity index (χ2v) is 16.4. The smallest absolute Gasteiger partial charge is 0.0159 e. The topological polar surface area (TPSA) is 0 Å². The number of benzene rings is 11. The van der Waals surface area contributed by atoms with Gasteiger partial charge >= 0.3 is 0 Å². The molecule has 0 saturated carbocycles. The van der Waals surface area contributed by atoms with E-state index < -0.39 is 0 Å². The zero-order valence-corrected chi connectivity index (χ0v) is 32.0. The lowest BCUT2D eigenvalue weighted by atomic mass is 9.80. The van der Waals surface area contributed by atoms with E-state index in [1.54, 1.807) is 0 Å². The second kappa shape index (κ2) is 12.0.